The number of halogens is 1. The minimum Gasteiger partial charge on any atom is -0.481 e. The van der Waals surface area contributed by atoms with Gasteiger partial charge in [0.1, 0.15) is 4.60 Å². The van der Waals surface area contributed by atoms with E-state index in [-0.39, 0.29) is 12.3 Å². The third kappa shape index (κ3) is 3.64. The van der Waals surface area contributed by atoms with Gasteiger partial charge in [-0.3, -0.25) is 9.59 Å². The first-order valence-electron chi connectivity index (χ1n) is 5.79. The van der Waals surface area contributed by atoms with E-state index in [2.05, 4.69) is 26.2 Å². The summed E-state index contributed by atoms with van der Waals surface area (Å²) in [6.07, 6.45) is 1.30. The summed E-state index contributed by atoms with van der Waals surface area (Å²) in [5.74, 6) is -1.28. The van der Waals surface area contributed by atoms with Gasteiger partial charge < -0.3 is 10.4 Å². The summed E-state index contributed by atoms with van der Waals surface area (Å²) in [4.78, 5) is 26.8. The Hall–Kier alpha value is -2.21. The van der Waals surface area contributed by atoms with Crippen molar-refractivity contribution < 1.29 is 14.7 Å². The van der Waals surface area contributed by atoms with Gasteiger partial charge in [-0.2, -0.15) is 0 Å². The highest BCUT2D eigenvalue weighted by Crippen LogP contribution is 2.17. The summed E-state index contributed by atoms with van der Waals surface area (Å²) < 4.78 is 0.639. The molecule has 1 aromatic heterocycles. The van der Waals surface area contributed by atoms with Crippen LogP contribution in [0, 0.1) is 0 Å². The second kappa shape index (κ2) is 6.29. The Bertz CT molecular complexity index is 641. The Morgan fingerprint density at radius 2 is 1.95 bits per heavy atom. The van der Waals surface area contributed by atoms with Crippen LogP contribution in [0.3, 0.4) is 0 Å². The van der Waals surface area contributed by atoms with E-state index in [4.69, 9.17) is 5.11 Å². The minimum atomic E-state index is -0.947. The number of aliphatic carboxylic acids is 1. The summed E-state index contributed by atoms with van der Waals surface area (Å²) >= 11 is 3.19. The number of rotatable bonds is 4. The van der Waals surface area contributed by atoms with Crippen molar-refractivity contribution in [3.63, 3.8) is 0 Å². The van der Waals surface area contributed by atoms with Crippen LogP contribution >= 0.6 is 15.9 Å². The first-order valence-corrected chi connectivity index (χ1v) is 6.58. The fourth-order valence-corrected chi connectivity index (χ4v) is 1.90. The lowest BCUT2D eigenvalue weighted by atomic mass is 10.1. The molecule has 1 amide bonds. The molecule has 0 fully saturated rings. The van der Waals surface area contributed by atoms with Crippen LogP contribution in [0.4, 0.5) is 5.69 Å². The Morgan fingerprint density at radius 1 is 1.20 bits per heavy atom. The number of para-hydroxylation sites is 1. The molecular weight excluding hydrogens is 324 g/mol. The summed E-state index contributed by atoms with van der Waals surface area (Å²) in [5, 5.41) is 11.5. The second-order valence-corrected chi connectivity index (χ2v) is 4.86. The fourth-order valence-electron chi connectivity index (χ4n) is 1.66. The largest absolute Gasteiger partial charge is 0.481 e. The molecule has 2 aromatic rings. The van der Waals surface area contributed by atoms with Gasteiger partial charge in [0.25, 0.3) is 5.91 Å². The van der Waals surface area contributed by atoms with Crippen LogP contribution in [0.25, 0.3) is 0 Å². The molecule has 0 unspecified atom stereocenters. The molecule has 0 atom stereocenters. The maximum atomic E-state index is 12.0. The molecule has 0 spiro atoms. The average Bonchev–Trinajstić information content (AvgIpc) is 2.41. The van der Waals surface area contributed by atoms with Crippen LogP contribution < -0.4 is 5.32 Å². The molecule has 5 nitrogen and oxygen atoms in total. The molecular formula is C14H11BrN2O3. The second-order valence-electron chi connectivity index (χ2n) is 4.05. The standard InChI is InChI=1S/C14H11BrN2O3/c15-12-6-5-10(8-16-12)14(20)17-11-4-2-1-3-9(11)7-13(18)19/h1-6,8H,7H2,(H,17,20)(H,18,19). The first kappa shape index (κ1) is 14.2. The smallest absolute Gasteiger partial charge is 0.307 e. The third-order valence-corrected chi connectivity index (χ3v) is 3.07. The number of aromatic nitrogens is 1. The van der Waals surface area contributed by atoms with Gasteiger partial charge in [0.2, 0.25) is 0 Å². The van der Waals surface area contributed by atoms with E-state index in [0.29, 0.717) is 21.4 Å². The van der Waals surface area contributed by atoms with Gasteiger partial charge in [-0.05, 0) is 39.7 Å². The van der Waals surface area contributed by atoms with Crippen LogP contribution in [0.5, 0.6) is 0 Å². The van der Waals surface area contributed by atoms with Crippen LogP contribution in [-0.2, 0) is 11.2 Å². The van der Waals surface area contributed by atoms with Crippen molar-refractivity contribution in [1.82, 2.24) is 4.98 Å². The van der Waals surface area contributed by atoms with E-state index in [0.717, 1.165) is 0 Å². The Morgan fingerprint density at radius 3 is 2.60 bits per heavy atom. The van der Waals surface area contributed by atoms with Crippen molar-refractivity contribution in [2.45, 2.75) is 6.42 Å². The van der Waals surface area contributed by atoms with Crippen LogP contribution in [0.15, 0.2) is 47.2 Å². The summed E-state index contributed by atoms with van der Waals surface area (Å²) in [5.41, 5.74) is 1.44. The molecule has 0 saturated carbocycles. The maximum Gasteiger partial charge on any atom is 0.307 e. The Kier molecular flexibility index (Phi) is 4.47. The molecule has 0 saturated heterocycles. The molecule has 1 aromatic carbocycles. The predicted molar refractivity (Wildman–Crippen MR) is 77.7 cm³/mol. The number of benzene rings is 1. The molecule has 102 valence electrons. The lowest BCUT2D eigenvalue weighted by Gasteiger charge is -2.09. The van der Waals surface area contributed by atoms with E-state index >= 15 is 0 Å². The van der Waals surface area contributed by atoms with Gasteiger partial charge in [-0.1, -0.05) is 18.2 Å². The molecule has 0 radical (unpaired) electrons. The monoisotopic (exact) mass is 334 g/mol. The van der Waals surface area contributed by atoms with E-state index in [1.165, 1.54) is 6.20 Å². The quantitative estimate of drug-likeness (QED) is 0.842. The number of nitrogens with one attached hydrogen (secondary N) is 1. The van der Waals surface area contributed by atoms with E-state index in [9.17, 15) is 9.59 Å². The highest BCUT2D eigenvalue weighted by Gasteiger charge is 2.11. The summed E-state index contributed by atoms with van der Waals surface area (Å²) in [6.45, 7) is 0. The van der Waals surface area contributed by atoms with Crippen molar-refractivity contribution in [2.75, 3.05) is 5.32 Å². The van der Waals surface area contributed by atoms with Crippen molar-refractivity contribution in [1.29, 1.82) is 0 Å². The molecule has 0 bridgehead atoms. The predicted octanol–water partition coefficient (Wildman–Crippen LogP) is 2.72. The van der Waals surface area contributed by atoms with Crippen LogP contribution in [0.2, 0.25) is 0 Å². The van der Waals surface area contributed by atoms with Crippen molar-refractivity contribution in [3.05, 3.63) is 58.3 Å². The maximum absolute atomic E-state index is 12.0. The number of carbonyl (C=O) groups is 2. The highest BCUT2D eigenvalue weighted by molar-refractivity contribution is 9.10. The number of carbonyl (C=O) groups excluding carboxylic acids is 1. The van der Waals surface area contributed by atoms with Crippen molar-refractivity contribution in [3.8, 4) is 0 Å². The molecule has 2 rings (SSSR count). The Labute approximate surface area is 123 Å². The highest BCUT2D eigenvalue weighted by atomic mass is 79.9. The van der Waals surface area contributed by atoms with Crippen molar-refractivity contribution >= 4 is 33.5 Å². The van der Waals surface area contributed by atoms with Gasteiger partial charge in [0.05, 0.1) is 12.0 Å². The third-order valence-electron chi connectivity index (χ3n) is 2.60. The van der Waals surface area contributed by atoms with Gasteiger partial charge >= 0.3 is 5.97 Å². The molecule has 20 heavy (non-hydrogen) atoms. The van der Waals surface area contributed by atoms with Gasteiger partial charge in [0.15, 0.2) is 0 Å². The van der Waals surface area contributed by atoms with Gasteiger partial charge in [-0.25, -0.2) is 4.98 Å². The van der Waals surface area contributed by atoms with Crippen LogP contribution in [-0.4, -0.2) is 22.0 Å². The lowest BCUT2D eigenvalue weighted by molar-refractivity contribution is -0.136. The molecule has 0 aliphatic carbocycles. The molecule has 2 N–H and O–H groups in total. The van der Waals surface area contributed by atoms with E-state index < -0.39 is 5.97 Å². The normalized spacial score (nSPS) is 10.1. The number of amides is 1. The minimum absolute atomic E-state index is 0.144. The first-order chi connectivity index (χ1) is 9.56. The molecule has 0 aliphatic rings. The number of hydrogen-bond donors (Lipinski definition) is 2. The van der Waals surface area contributed by atoms with Crippen LogP contribution in [0.1, 0.15) is 15.9 Å². The zero-order valence-electron chi connectivity index (χ0n) is 10.3. The van der Waals surface area contributed by atoms with Gasteiger partial charge in [-0.15, -0.1) is 0 Å². The average molecular weight is 335 g/mol. The number of pyridine rings is 1. The number of hydrogen-bond acceptors (Lipinski definition) is 3. The molecule has 1 heterocycles. The summed E-state index contributed by atoms with van der Waals surface area (Å²) in [6, 6.07) is 10.1. The number of anilines is 1. The lowest BCUT2D eigenvalue weighted by Crippen LogP contribution is -2.14. The zero-order valence-corrected chi connectivity index (χ0v) is 11.9. The van der Waals surface area contributed by atoms with Crippen molar-refractivity contribution in [2.24, 2.45) is 0 Å². The topological polar surface area (TPSA) is 79.3 Å². The zero-order chi connectivity index (χ0) is 14.5. The molecule has 6 heteroatoms. The Balaban J connectivity index is 2.19. The molecule has 0 aliphatic heterocycles. The van der Waals surface area contributed by atoms with Gasteiger partial charge in [0, 0.05) is 11.9 Å². The van der Waals surface area contributed by atoms with E-state index in [1.54, 1.807) is 36.4 Å². The number of nitrogens with zero attached hydrogens (tertiary/aromatic N) is 1. The fraction of sp³-hybridized carbons (Fsp3) is 0.0714. The number of carboxylic acids is 1. The van der Waals surface area contributed by atoms with E-state index in [1.807, 2.05) is 0 Å². The number of carboxylic acid groups (broad SMARTS) is 1. The SMILES string of the molecule is O=C(O)Cc1ccccc1NC(=O)c1ccc(Br)nc1. The summed E-state index contributed by atoms with van der Waals surface area (Å²) in [7, 11) is 0.